The summed E-state index contributed by atoms with van der Waals surface area (Å²) >= 11 is 2.26. The zero-order valence-corrected chi connectivity index (χ0v) is 14.0. The second-order valence-electron chi connectivity index (χ2n) is 5.76. The molecule has 0 unspecified atom stereocenters. The van der Waals surface area contributed by atoms with Gasteiger partial charge in [-0.15, -0.1) is 0 Å². The summed E-state index contributed by atoms with van der Waals surface area (Å²) in [5.41, 5.74) is 1.49. The van der Waals surface area contributed by atoms with Crippen LogP contribution < -0.4 is 0 Å². The quantitative estimate of drug-likeness (QED) is 0.797. The monoisotopic (exact) mass is 387 g/mol. The summed E-state index contributed by atoms with van der Waals surface area (Å²) in [6.07, 6.45) is 1.49. The van der Waals surface area contributed by atoms with Gasteiger partial charge in [0.2, 0.25) is 0 Å². The highest BCUT2D eigenvalue weighted by Gasteiger charge is 2.25. The summed E-state index contributed by atoms with van der Waals surface area (Å²) < 4.78 is 6.66. The van der Waals surface area contributed by atoms with E-state index in [1.54, 1.807) is 6.26 Å². The summed E-state index contributed by atoms with van der Waals surface area (Å²) in [6, 6.07) is 6.01. The fraction of sp³-hybridized carbons (Fsp3) is 0.400. The number of amides is 1. The highest BCUT2D eigenvalue weighted by atomic mass is 127. The first kappa shape index (κ1) is 15.2. The second-order valence-corrected chi connectivity index (χ2v) is 7.00. The van der Waals surface area contributed by atoms with Crippen LogP contribution >= 0.6 is 22.6 Å². The standard InChI is InChI=1S/C15H18INO3/c1-15(2,3)17(14(18)19)7-6-10-9-20-13-5-4-11(16)8-12(10)13/h4-5,8-9H,6-7H2,1-3H3,(H,18,19). The molecule has 1 amide bonds. The van der Waals surface area contributed by atoms with E-state index < -0.39 is 11.6 Å². The van der Waals surface area contributed by atoms with Crippen LogP contribution in [0.3, 0.4) is 0 Å². The van der Waals surface area contributed by atoms with Crippen LogP contribution in [0.2, 0.25) is 0 Å². The number of rotatable bonds is 3. The highest BCUT2D eigenvalue weighted by molar-refractivity contribution is 14.1. The van der Waals surface area contributed by atoms with Gasteiger partial charge in [-0.05, 0) is 73.5 Å². The van der Waals surface area contributed by atoms with E-state index in [0.29, 0.717) is 13.0 Å². The van der Waals surface area contributed by atoms with Crippen LogP contribution in [-0.2, 0) is 6.42 Å². The topological polar surface area (TPSA) is 53.7 Å². The lowest BCUT2D eigenvalue weighted by Gasteiger charge is -2.33. The zero-order valence-electron chi connectivity index (χ0n) is 11.8. The molecule has 0 spiro atoms. The van der Waals surface area contributed by atoms with Gasteiger partial charge >= 0.3 is 6.09 Å². The van der Waals surface area contributed by atoms with Gasteiger partial charge in [0, 0.05) is 21.0 Å². The van der Waals surface area contributed by atoms with Crippen molar-refractivity contribution in [1.82, 2.24) is 4.90 Å². The van der Waals surface area contributed by atoms with Crippen molar-refractivity contribution < 1.29 is 14.3 Å². The van der Waals surface area contributed by atoms with Gasteiger partial charge in [0.1, 0.15) is 5.58 Å². The van der Waals surface area contributed by atoms with Crippen molar-refractivity contribution in [3.05, 3.63) is 33.6 Å². The number of benzene rings is 1. The summed E-state index contributed by atoms with van der Waals surface area (Å²) in [5, 5.41) is 10.4. The van der Waals surface area contributed by atoms with Gasteiger partial charge in [-0.2, -0.15) is 0 Å². The van der Waals surface area contributed by atoms with E-state index in [-0.39, 0.29) is 0 Å². The molecule has 0 saturated carbocycles. The van der Waals surface area contributed by atoms with Crippen molar-refractivity contribution in [1.29, 1.82) is 0 Å². The molecule has 1 aromatic carbocycles. The van der Waals surface area contributed by atoms with Crippen LogP contribution in [0.5, 0.6) is 0 Å². The minimum atomic E-state index is -0.889. The molecule has 5 heteroatoms. The average Bonchev–Trinajstić information content (AvgIpc) is 2.70. The number of carbonyl (C=O) groups is 1. The molecule has 0 atom stereocenters. The largest absolute Gasteiger partial charge is 0.465 e. The van der Waals surface area contributed by atoms with Gasteiger partial charge in [-0.1, -0.05) is 0 Å². The van der Waals surface area contributed by atoms with Crippen molar-refractivity contribution in [2.75, 3.05) is 6.54 Å². The third-order valence-electron chi connectivity index (χ3n) is 3.26. The maximum atomic E-state index is 11.3. The maximum Gasteiger partial charge on any atom is 0.407 e. The Morgan fingerprint density at radius 3 is 2.70 bits per heavy atom. The molecule has 0 radical (unpaired) electrons. The lowest BCUT2D eigenvalue weighted by atomic mass is 10.0. The molecule has 2 aromatic rings. The third kappa shape index (κ3) is 3.26. The third-order valence-corrected chi connectivity index (χ3v) is 3.93. The van der Waals surface area contributed by atoms with E-state index in [9.17, 15) is 9.90 Å². The lowest BCUT2D eigenvalue weighted by Crippen LogP contribution is -2.45. The van der Waals surface area contributed by atoms with Gasteiger partial charge in [0.25, 0.3) is 0 Å². The molecular formula is C15H18INO3. The first-order valence-corrected chi connectivity index (χ1v) is 7.53. The molecule has 1 aromatic heterocycles. The molecule has 1 N–H and O–H groups in total. The number of fused-ring (bicyclic) bond motifs is 1. The van der Waals surface area contributed by atoms with Crippen LogP contribution in [0.25, 0.3) is 11.0 Å². The molecule has 0 aliphatic carbocycles. The smallest absolute Gasteiger partial charge is 0.407 e. The van der Waals surface area contributed by atoms with Crippen molar-refractivity contribution >= 4 is 39.7 Å². The van der Waals surface area contributed by atoms with Crippen molar-refractivity contribution in [3.63, 3.8) is 0 Å². The molecule has 4 nitrogen and oxygen atoms in total. The maximum absolute atomic E-state index is 11.3. The fourth-order valence-corrected chi connectivity index (χ4v) is 2.69. The lowest BCUT2D eigenvalue weighted by molar-refractivity contribution is 0.101. The first-order chi connectivity index (χ1) is 9.29. The number of furan rings is 1. The number of carboxylic acid groups (broad SMARTS) is 1. The summed E-state index contributed by atoms with van der Waals surface area (Å²) in [7, 11) is 0. The molecule has 20 heavy (non-hydrogen) atoms. The Hall–Kier alpha value is -1.24. The van der Waals surface area contributed by atoms with Gasteiger partial charge in [0.15, 0.2) is 0 Å². The van der Waals surface area contributed by atoms with Crippen LogP contribution in [0.4, 0.5) is 4.79 Å². The van der Waals surface area contributed by atoms with E-state index in [1.807, 2.05) is 32.9 Å². The summed E-state index contributed by atoms with van der Waals surface area (Å²) in [6.45, 7) is 6.16. The van der Waals surface area contributed by atoms with Crippen LogP contribution in [0, 0.1) is 3.57 Å². The van der Waals surface area contributed by atoms with Crippen molar-refractivity contribution in [3.8, 4) is 0 Å². The minimum Gasteiger partial charge on any atom is -0.465 e. The van der Waals surface area contributed by atoms with Crippen LogP contribution in [-0.4, -0.2) is 28.2 Å². The molecule has 108 valence electrons. The molecular weight excluding hydrogens is 369 g/mol. The van der Waals surface area contributed by atoms with E-state index in [2.05, 4.69) is 28.7 Å². The molecule has 0 fully saturated rings. The van der Waals surface area contributed by atoms with E-state index >= 15 is 0 Å². The zero-order chi connectivity index (χ0) is 14.9. The van der Waals surface area contributed by atoms with Crippen molar-refractivity contribution in [2.24, 2.45) is 0 Å². The Morgan fingerprint density at radius 2 is 2.10 bits per heavy atom. The fourth-order valence-electron chi connectivity index (χ4n) is 2.20. The van der Waals surface area contributed by atoms with Gasteiger partial charge in [-0.25, -0.2) is 4.79 Å². The molecule has 0 aliphatic rings. The summed E-state index contributed by atoms with van der Waals surface area (Å²) in [4.78, 5) is 12.8. The van der Waals surface area contributed by atoms with Gasteiger partial charge in [0.05, 0.1) is 6.26 Å². The normalized spacial score (nSPS) is 11.8. The SMILES string of the molecule is CC(C)(C)N(CCc1coc2ccc(I)cc12)C(=O)O. The Bertz CT molecular complexity index is 628. The minimum absolute atomic E-state index is 0.403. The Kier molecular flexibility index (Phi) is 4.27. The first-order valence-electron chi connectivity index (χ1n) is 6.45. The number of nitrogens with zero attached hydrogens (tertiary/aromatic N) is 1. The Morgan fingerprint density at radius 1 is 1.40 bits per heavy atom. The Labute approximate surface area is 131 Å². The van der Waals surface area contributed by atoms with E-state index in [0.717, 1.165) is 20.1 Å². The molecule has 0 saturated heterocycles. The predicted octanol–water partition coefficient (Wildman–Crippen LogP) is 4.36. The summed E-state index contributed by atoms with van der Waals surface area (Å²) in [5.74, 6) is 0. The second kappa shape index (κ2) is 5.63. The van der Waals surface area contributed by atoms with E-state index in [1.165, 1.54) is 4.90 Å². The number of halogens is 1. The van der Waals surface area contributed by atoms with Gasteiger partial charge in [-0.3, -0.25) is 0 Å². The average molecular weight is 387 g/mol. The molecule has 2 rings (SSSR count). The molecule has 0 bridgehead atoms. The number of hydrogen-bond acceptors (Lipinski definition) is 2. The molecule has 0 aliphatic heterocycles. The van der Waals surface area contributed by atoms with E-state index in [4.69, 9.17) is 4.42 Å². The van der Waals surface area contributed by atoms with Crippen LogP contribution in [0.15, 0.2) is 28.9 Å². The Balaban J connectivity index is 2.20. The molecule has 1 heterocycles. The number of hydrogen-bond donors (Lipinski definition) is 1. The van der Waals surface area contributed by atoms with Crippen molar-refractivity contribution in [2.45, 2.75) is 32.7 Å². The van der Waals surface area contributed by atoms with Gasteiger partial charge < -0.3 is 14.4 Å². The highest BCUT2D eigenvalue weighted by Crippen LogP contribution is 2.24. The van der Waals surface area contributed by atoms with Crippen LogP contribution in [0.1, 0.15) is 26.3 Å². The predicted molar refractivity (Wildman–Crippen MR) is 87.1 cm³/mol.